The molecular formula is C21H23ClF2N2O. The second kappa shape index (κ2) is 8.34. The van der Waals surface area contributed by atoms with E-state index in [1.807, 2.05) is 6.92 Å². The fourth-order valence-corrected chi connectivity index (χ4v) is 3.34. The number of aromatic nitrogens is 1. The molecule has 3 rings (SSSR count). The maximum atomic E-state index is 15.2. The van der Waals surface area contributed by atoms with E-state index < -0.39 is 17.9 Å². The first-order valence-electron chi connectivity index (χ1n) is 9.96. The average molecular weight is 395 g/mol. The van der Waals surface area contributed by atoms with Crippen LogP contribution < -0.4 is 0 Å². The van der Waals surface area contributed by atoms with Crippen LogP contribution in [0, 0.1) is 12.7 Å². The smallest absolute Gasteiger partial charge is 0.253 e. The van der Waals surface area contributed by atoms with E-state index in [4.69, 9.17) is 14.3 Å². The standard InChI is InChI=1S/C21H23ClF2N2O/c1-15-4-6-17(25-14-15)3-2-8-21(24)9-11-26(12-10-21)20(27)16-5-7-19(23)18(22)13-16/h4-7,13-14H,2-3,8-12H2,1H3/i3D2. The zero-order valence-electron chi connectivity index (χ0n) is 17.1. The SMILES string of the molecule is [2H]C([2H])(CCC1(F)CCN(C(=O)c2ccc(F)c(Cl)c2)CC1)c1ccc(C)cn1. The molecule has 1 saturated heterocycles. The van der Waals surface area contributed by atoms with Crippen molar-refractivity contribution in [3.63, 3.8) is 0 Å². The van der Waals surface area contributed by atoms with Crippen molar-refractivity contribution in [2.75, 3.05) is 13.1 Å². The van der Waals surface area contributed by atoms with Gasteiger partial charge in [0.15, 0.2) is 0 Å². The van der Waals surface area contributed by atoms with Gasteiger partial charge in [-0.05, 0) is 68.8 Å². The molecule has 0 aliphatic carbocycles. The van der Waals surface area contributed by atoms with E-state index in [1.165, 1.54) is 17.0 Å². The molecule has 0 unspecified atom stereocenters. The number of carbonyl (C=O) groups is 1. The largest absolute Gasteiger partial charge is 0.338 e. The molecule has 1 aliphatic rings. The fourth-order valence-electron chi connectivity index (χ4n) is 3.16. The van der Waals surface area contributed by atoms with Gasteiger partial charge < -0.3 is 4.90 Å². The Hall–Kier alpha value is -2.01. The molecule has 1 aliphatic heterocycles. The van der Waals surface area contributed by atoms with Crippen LogP contribution in [0.15, 0.2) is 36.5 Å². The molecule has 1 aromatic carbocycles. The molecule has 0 spiro atoms. The van der Waals surface area contributed by atoms with E-state index >= 15 is 4.39 Å². The highest BCUT2D eigenvalue weighted by Gasteiger charge is 2.35. The summed E-state index contributed by atoms with van der Waals surface area (Å²) in [5, 5.41) is -0.125. The minimum absolute atomic E-state index is 0.0150. The normalized spacial score (nSPS) is 18.0. The Labute approximate surface area is 166 Å². The topological polar surface area (TPSA) is 33.2 Å². The fraction of sp³-hybridized carbons (Fsp3) is 0.429. The number of carbonyl (C=O) groups excluding carboxylic acids is 1. The second-order valence-corrected chi connectivity index (χ2v) is 7.38. The predicted molar refractivity (Wildman–Crippen MR) is 102 cm³/mol. The quantitative estimate of drug-likeness (QED) is 0.702. The van der Waals surface area contributed by atoms with Crippen LogP contribution in [0.5, 0.6) is 0 Å². The summed E-state index contributed by atoms with van der Waals surface area (Å²) in [6.45, 7) is 2.31. The van der Waals surface area contributed by atoms with Crippen LogP contribution in [0.25, 0.3) is 0 Å². The number of likely N-dealkylation sites (tertiary alicyclic amines) is 1. The molecule has 144 valence electrons. The number of hydrogen-bond acceptors (Lipinski definition) is 2. The van der Waals surface area contributed by atoms with Crippen molar-refractivity contribution in [3.05, 3.63) is 64.2 Å². The first-order chi connectivity index (χ1) is 13.6. The van der Waals surface area contributed by atoms with Crippen molar-refractivity contribution in [1.29, 1.82) is 0 Å². The van der Waals surface area contributed by atoms with E-state index in [1.54, 1.807) is 18.3 Å². The molecule has 0 N–H and O–H groups in total. The zero-order valence-corrected chi connectivity index (χ0v) is 15.9. The lowest BCUT2D eigenvalue weighted by molar-refractivity contribution is 0.0389. The summed E-state index contributed by atoms with van der Waals surface area (Å²) in [4.78, 5) is 18.2. The minimum Gasteiger partial charge on any atom is -0.338 e. The van der Waals surface area contributed by atoms with Crippen LogP contribution in [-0.2, 0) is 6.37 Å². The van der Waals surface area contributed by atoms with E-state index in [0.29, 0.717) is 5.69 Å². The molecule has 0 saturated carbocycles. The maximum Gasteiger partial charge on any atom is 0.253 e. The van der Waals surface area contributed by atoms with Crippen LogP contribution in [0.1, 0.15) is 50.0 Å². The predicted octanol–water partition coefficient (Wildman–Crippen LogP) is 5.15. The summed E-state index contributed by atoms with van der Waals surface area (Å²) < 4.78 is 45.0. The number of benzene rings is 1. The highest BCUT2D eigenvalue weighted by molar-refractivity contribution is 6.31. The summed E-state index contributed by atoms with van der Waals surface area (Å²) in [5.74, 6) is -0.907. The van der Waals surface area contributed by atoms with Crippen LogP contribution in [-0.4, -0.2) is 34.5 Å². The molecular weight excluding hydrogens is 370 g/mol. The summed E-state index contributed by atoms with van der Waals surface area (Å²) >= 11 is 5.74. The molecule has 1 fully saturated rings. The van der Waals surface area contributed by atoms with Crippen molar-refractivity contribution in [2.45, 2.75) is 44.6 Å². The Balaban J connectivity index is 1.58. The zero-order chi connectivity index (χ0) is 21.2. The number of hydrogen-bond donors (Lipinski definition) is 0. The van der Waals surface area contributed by atoms with Crippen LogP contribution in [0.4, 0.5) is 8.78 Å². The number of piperidine rings is 1. The third-order valence-corrected chi connectivity index (χ3v) is 5.19. The van der Waals surface area contributed by atoms with Gasteiger partial charge in [-0.15, -0.1) is 0 Å². The third-order valence-electron chi connectivity index (χ3n) is 4.90. The summed E-state index contributed by atoms with van der Waals surface area (Å²) in [6.07, 6.45) is 0.214. The first kappa shape index (κ1) is 17.1. The monoisotopic (exact) mass is 394 g/mol. The minimum atomic E-state index is -1.72. The second-order valence-electron chi connectivity index (χ2n) is 6.97. The van der Waals surface area contributed by atoms with Gasteiger partial charge in [0.1, 0.15) is 11.5 Å². The molecule has 3 nitrogen and oxygen atoms in total. The highest BCUT2D eigenvalue weighted by Crippen LogP contribution is 2.32. The molecule has 1 aromatic heterocycles. The van der Waals surface area contributed by atoms with Gasteiger partial charge in [-0.2, -0.15) is 0 Å². The average Bonchev–Trinajstić information content (AvgIpc) is 2.69. The van der Waals surface area contributed by atoms with Crippen molar-refractivity contribution in [1.82, 2.24) is 9.88 Å². The van der Waals surface area contributed by atoms with Gasteiger partial charge in [0.2, 0.25) is 0 Å². The van der Waals surface area contributed by atoms with Crippen LogP contribution >= 0.6 is 11.6 Å². The third kappa shape index (κ3) is 5.04. The number of amides is 1. The molecule has 2 aromatic rings. The van der Waals surface area contributed by atoms with E-state index in [0.717, 1.165) is 11.6 Å². The lowest BCUT2D eigenvalue weighted by Crippen LogP contribution is -2.44. The number of alkyl halides is 1. The van der Waals surface area contributed by atoms with Gasteiger partial charge in [-0.1, -0.05) is 17.7 Å². The van der Waals surface area contributed by atoms with Gasteiger partial charge in [-0.3, -0.25) is 9.78 Å². The highest BCUT2D eigenvalue weighted by atomic mass is 35.5. The molecule has 27 heavy (non-hydrogen) atoms. The van der Waals surface area contributed by atoms with Crippen LogP contribution in [0.2, 0.25) is 5.02 Å². The number of rotatable bonds is 5. The van der Waals surface area contributed by atoms with Gasteiger partial charge in [-0.25, -0.2) is 8.78 Å². The Bertz CT molecular complexity index is 885. The summed E-state index contributed by atoms with van der Waals surface area (Å²) in [5.41, 5.74) is -0.0297. The molecule has 0 bridgehead atoms. The Morgan fingerprint density at radius 1 is 1.33 bits per heavy atom. The molecule has 2 heterocycles. The van der Waals surface area contributed by atoms with Crippen LogP contribution in [0.3, 0.4) is 0 Å². The van der Waals surface area contributed by atoms with Gasteiger partial charge in [0.05, 0.1) is 5.02 Å². The van der Waals surface area contributed by atoms with Crippen molar-refractivity contribution < 1.29 is 16.3 Å². The Kier molecular flexibility index (Phi) is 5.29. The number of pyridine rings is 1. The number of halogens is 3. The van der Waals surface area contributed by atoms with Crippen molar-refractivity contribution in [2.24, 2.45) is 0 Å². The van der Waals surface area contributed by atoms with Gasteiger partial charge in [0, 0.05) is 33.3 Å². The van der Waals surface area contributed by atoms with E-state index in [-0.39, 0.29) is 55.3 Å². The maximum absolute atomic E-state index is 15.2. The molecule has 1 amide bonds. The number of aryl methyl sites for hydroxylation is 2. The molecule has 0 radical (unpaired) electrons. The summed E-state index contributed by atoms with van der Waals surface area (Å²) in [7, 11) is 0. The van der Waals surface area contributed by atoms with Crippen molar-refractivity contribution >= 4 is 17.5 Å². The Morgan fingerprint density at radius 3 is 2.70 bits per heavy atom. The van der Waals surface area contributed by atoms with E-state index in [9.17, 15) is 9.18 Å². The van der Waals surface area contributed by atoms with Gasteiger partial charge >= 0.3 is 0 Å². The molecule has 6 heteroatoms. The van der Waals surface area contributed by atoms with E-state index in [2.05, 4.69) is 4.98 Å². The van der Waals surface area contributed by atoms with Crippen molar-refractivity contribution in [3.8, 4) is 0 Å². The first-order valence-corrected chi connectivity index (χ1v) is 9.34. The molecule has 0 atom stereocenters. The lowest BCUT2D eigenvalue weighted by Gasteiger charge is -2.36. The Morgan fingerprint density at radius 2 is 2.07 bits per heavy atom. The van der Waals surface area contributed by atoms with Gasteiger partial charge in [0.25, 0.3) is 5.91 Å². The number of nitrogens with zero attached hydrogens (tertiary/aromatic N) is 2. The lowest BCUT2D eigenvalue weighted by atomic mass is 9.87. The summed E-state index contributed by atoms with van der Waals surface area (Å²) in [6, 6.07) is 7.20.